The summed E-state index contributed by atoms with van der Waals surface area (Å²) in [7, 11) is 0. The number of rotatable bonds is 4. The summed E-state index contributed by atoms with van der Waals surface area (Å²) in [4.78, 5) is 11.5. The minimum atomic E-state index is -0.511. The summed E-state index contributed by atoms with van der Waals surface area (Å²) in [5.41, 5.74) is 6.58. The van der Waals surface area contributed by atoms with E-state index in [2.05, 4.69) is 5.32 Å². The highest BCUT2D eigenvalue weighted by Gasteiger charge is 2.10. The van der Waals surface area contributed by atoms with Crippen LogP contribution in [0.2, 0.25) is 0 Å². The minimum Gasteiger partial charge on any atom is -0.487 e. The van der Waals surface area contributed by atoms with Gasteiger partial charge in [-0.25, -0.2) is 0 Å². The van der Waals surface area contributed by atoms with Gasteiger partial charge in [-0.05, 0) is 31.0 Å². The fourth-order valence-electron chi connectivity index (χ4n) is 2.39. The standard InChI is InChI=1S/C19H30N2O6/c1-15(20)19(22)21-5-4-16-2-3-17-18(14-16)27-13-11-25-9-7-23-6-8-24-10-12-26-17/h2-3,14-15H,4-13,20H2,1H3,(H,21,22). The zero-order valence-corrected chi connectivity index (χ0v) is 15.9. The zero-order chi connectivity index (χ0) is 19.3. The number of fused-ring (bicyclic) bond motifs is 1. The van der Waals surface area contributed by atoms with E-state index in [-0.39, 0.29) is 5.91 Å². The molecule has 1 heterocycles. The molecule has 8 heteroatoms. The molecule has 0 radical (unpaired) electrons. The van der Waals surface area contributed by atoms with Crippen LogP contribution in [0.1, 0.15) is 12.5 Å². The van der Waals surface area contributed by atoms with Crippen LogP contribution in [0, 0.1) is 0 Å². The second-order valence-corrected chi connectivity index (χ2v) is 6.14. The number of hydrogen-bond acceptors (Lipinski definition) is 7. The monoisotopic (exact) mass is 382 g/mol. The van der Waals surface area contributed by atoms with Gasteiger partial charge < -0.3 is 34.7 Å². The Hall–Kier alpha value is -1.87. The Kier molecular flexibility index (Phi) is 9.93. The lowest BCUT2D eigenvalue weighted by Crippen LogP contribution is -2.39. The first-order valence-electron chi connectivity index (χ1n) is 9.32. The first kappa shape index (κ1) is 21.4. The highest BCUT2D eigenvalue weighted by Crippen LogP contribution is 2.28. The van der Waals surface area contributed by atoms with Crippen LogP contribution in [-0.4, -0.2) is 71.3 Å². The predicted octanol–water partition coefficient (Wildman–Crippen LogP) is 0.514. The van der Waals surface area contributed by atoms with Gasteiger partial charge >= 0.3 is 0 Å². The Morgan fingerprint density at radius 1 is 0.963 bits per heavy atom. The molecule has 152 valence electrons. The maximum absolute atomic E-state index is 11.5. The summed E-state index contributed by atoms with van der Waals surface area (Å²) in [6, 6.07) is 5.25. The molecular formula is C19H30N2O6. The molecule has 0 saturated carbocycles. The maximum atomic E-state index is 11.5. The number of carbonyl (C=O) groups is 1. The SMILES string of the molecule is CC(N)C(=O)NCCc1ccc2c(c1)OCCOCCOCCOCCO2. The quantitative estimate of drug-likeness (QED) is 0.782. The molecule has 1 aromatic carbocycles. The van der Waals surface area contributed by atoms with E-state index in [1.165, 1.54) is 0 Å². The van der Waals surface area contributed by atoms with Gasteiger partial charge in [0.2, 0.25) is 5.91 Å². The molecule has 1 unspecified atom stereocenters. The molecule has 0 aromatic heterocycles. The van der Waals surface area contributed by atoms with Crippen molar-refractivity contribution in [3.8, 4) is 11.5 Å². The summed E-state index contributed by atoms with van der Waals surface area (Å²) >= 11 is 0. The third-order valence-electron chi connectivity index (χ3n) is 3.85. The van der Waals surface area contributed by atoms with E-state index < -0.39 is 6.04 Å². The molecule has 0 bridgehead atoms. The van der Waals surface area contributed by atoms with Crippen molar-refractivity contribution in [2.75, 3.05) is 59.4 Å². The number of ether oxygens (including phenoxy) is 5. The number of nitrogens with two attached hydrogens (primary N) is 1. The Bertz CT molecular complexity index is 567. The van der Waals surface area contributed by atoms with Crippen LogP contribution >= 0.6 is 0 Å². The first-order chi connectivity index (χ1) is 13.2. The van der Waals surface area contributed by atoms with Crippen molar-refractivity contribution < 1.29 is 28.5 Å². The highest BCUT2D eigenvalue weighted by molar-refractivity contribution is 5.80. The van der Waals surface area contributed by atoms with Crippen molar-refractivity contribution in [3.63, 3.8) is 0 Å². The lowest BCUT2D eigenvalue weighted by molar-refractivity contribution is -0.121. The number of amides is 1. The third kappa shape index (κ3) is 8.57. The van der Waals surface area contributed by atoms with Crippen molar-refractivity contribution >= 4 is 5.91 Å². The summed E-state index contributed by atoms with van der Waals surface area (Å²) in [6.07, 6.45) is 0.673. The Labute approximate surface area is 160 Å². The molecule has 0 aliphatic carbocycles. The molecule has 1 atom stereocenters. The molecule has 1 aromatic rings. The van der Waals surface area contributed by atoms with Crippen molar-refractivity contribution in [2.45, 2.75) is 19.4 Å². The van der Waals surface area contributed by atoms with Gasteiger partial charge in [0, 0.05) is 6.54 Å². The van der Waals surface area contributed by atoms with Gasteiger partial charge in [-0.15, -0.1) is 0 Å². The molecule has 8 nitrogen and oxygen atoms in total. The molecule has 3 N–H and O–H groups in total. The topological polar surface area (TPSA) is 101 Å². The van der Waals surface area contributed by atoms with Gasteiger partial charge in [0.25, 0.3) is 0 Å². The van der Waals surface area contributed by atoms with Crippen LogP contribution in [0.25, 0.3) is 0 Å². The van der Waals surface area contributed by atoms with E-state index in [0.717, 1.165) is 5.56 Å². The van der Waals surface area contributed by atoms with Gasteiger partial charge in [0.1, 0.15) is 13.2 Å². The summed E-state index contributed by atoms with van der Waals surface area (Å²) in [5.74, 6) is 1.15. The van der Waals surface area contributed by atoms with Crippen LogP contribution in [-0.2, 0) is 25.4 Å². The molecule has 0 spiro atoms. The molecule has 1 aliphatic heterocycles. The number of hydrogen-bond donors (Lipinski definition) is 2. The van der Waals surface area contributed by atoms with Crippen LogP contribution in [0.15, 0.2) is 18.2 Å². The van der Waals surface area contributed by atoms with Crippen LogP contribution < -0.4 is 20.5 Å². The third-order valence-corrected chi connectivity index (χ3v) is 3.85. The fourth-order valence-corrected chi connectivity index (χ4v) is 2.39. The van der Waals surface area contributed by atoms with E-state index in [0.29, 0.717) is 77.3 Å². The molecule has 1 amide bonds. The van der Waals surface area contributed by atoms with Gasteiger partial charge in [-0.1, -0.05) is 6.07 Å². The first-order valence-corrected chi connectivity index (χ1v) is 9.32. The van der Waals surface area contributed by atoms with E-state index >= 15 is 0 Å². The number of carbonyl (C=O) groups excluding carboxylic acids is 1. The molecule has 2 rings (SSSR count). The van der Waals surface area contributed by atoms with Crippen molar-refractivity contribution in [2.24, 2.45) is 5.73 Å². The fraction of sp³-hybridized carbons (Fsp3) is 0.632. The van der Waals surface area contributed by atoms with Gasteiger partial charge in [-0.3, -0.25) is 4.79 Å². The van der Waals surface area contributed by atoms with Crippen LogP contribution in [0.5, 0.6) is 11.5 Å². The summed E-state index contributed by atoms with van der Waals surface area (Å²) in [5, 5.41) is 2.80. The van der Waals surface area contributed by atoms with Crippen molar-refractivity contribution in [1.82, 2.24) is 5.32 Å². The Morgan fingerprint density at radius 2 is 1.52 bits per heavy atom. The maximum Gasteiger partial charge on any atom is 0.236 e. The number of nitrogens with one attached hydrogen (secondary N) is 1. The lowest BCUT2D eigenvalue weighted by Gasteiger charge is -2.15. The average molecular weight is 382 g/mol. The second kappa shape index (κ2) is 12.5. The zero-order valence-electron chi connectivity index (χ0n) is 15.9. The molecule has 0 saturated heterocycles. The molecule has 1 aliphatic rings. The Morgan fingerprint density at radius 3 is 2.11 bits per heavy atom. The largest absolute Gasteiger partial charge is 0.487 e. The van der Waals surface area contributed by atoms with Gasteiger partial charge in [0.15, 0.2) is 11.5 Å². The van der Waals surface area contributed by atoms with E-state index in [1.54, 1.807) is 6.92 Å². The van der Waals surface area contributed by atoms with Crippen LogP contribution in [0.3, 0.4) is 0 Å². The molecular weight excluding hydrogens is 352 g/mol. The van der Waals surface area contributed by atoms with Gasteiger partial charge in [0.05, 0.1) is 45.7 Å². The van der Waals surface area contributed by atoms with E-state index in [9.17, 15) is 4.79 Å². The van der Waals surface area contributed by atoms with Crippen molar-refractivity contribution in [1.29, 1.82) is 0 Å². The van der Waals surface area contributed by atoms with E-state index in [4.69, 9.17) is 29.4 Å². The number of benzene rings is 1. The van der Waals surface area contributed by atoms with E-state index in [1.807, 2.05) is 18.2 Å². The van der Waals surface area contributed by atoms with Gasteiger partial charge in [-0.2, -0.15) is 0 Å². The normalized spacial score (nSPS) is 18.0. The smallest absolute Gasteiger partial charge is 0.236 e. The summed E-state index contributed by atoms with van der Waals surface area (Å²) in [6.45, 7) is 6.08. The van der Waals surface area contributed by atoms with Crippen LogP contribution in [0.4, 0.5) is 0 Å². The van der Waals surface area contributed by atoms with Crippen molar-refractivity contribution in [3.05, 3.63) is 23.8 Å². The predicted molar refractivity (Wildman–Crippen MR) is 100 cm³/mol. The second-order valence-electron chi connectivity index (χ2n) is 6.14. The Balaban J connectivity index is 1.93. The average Bonchev–Trinajstić information content (AvgIpc) is 2.66. The molecule has 27 heavy (non-hydrogen) atoms. The molecule has 0 fully saturated rings. The highest BCUT2D eigenvalue weighted by atomic mass is 16.6. The minimum absolute atomic E-state index is 0.162. The lowest BCUT2D eigenvalue weighted by atomic mass is 10.1. The summed E-state index contributed by atoms with van der Waals surface area (Å²) < 4.78 is 27.9.